The number of hydrogen-bond donors (Lipinski definition) is 0. The third-order valence-electron chi connectivity index (χ3n) is 6.40. The van der Waals surface area contributed by atoms with Crippen LogP contribution < -0.4 is 15.0 Å². The number of halogens is 3. The number of rotatable bonds is 8. The van der Waals surface area contributed by atoms with Crippen LogP contribution in [-0.4, -0.2) is 41.7 Å². The van der Waals surface area contributed by atoms with E-state index in [-0.39, 0.29) is 22.2 Å². The molecule has 8 nitrogen and oxygen atoms in total. The third-order valence-corrected chi connectivity index (χ3v) is 8.34. The van der Waals surface area contributed by atoms with Gasteiger partial charge < -0.3 is 14.2 Å². The van der Waals surface area contributed by atoms with Crippen molar-refractivity contribution in [3.8, 4) is 11.5 Å². The lowest BCUT2D eigenvalue weighted by molar-refractivity contribution is -0.147. The van der Waals surface area contributed by atoms with Crippen molar-refractivity contribution in [1.29, 1.82) is 0 Å². The molecule has 3 aromatic rings. The van der Waals surface area contributed by atoms with Crippen molar-refractivity contribution in [3.63, 3.8) is 0 Å². The van der Waals surface area contributed by atoms with E-state index in [0.717, 1.165) is 30.2 Å². The number of ether oxygens (including phenoxy) is 3. The van der Waals surface area contributed by atoms with Crippen LogP contribution in [0, 0.1) is 0 Å². The van der Waals surface area contributed by atoms with Crippen LogP contribution in [0.15, 0.2) is 43.1 Å². The Morgan fingerprint density at radius 3 is 2.68 bits per heavy atom. The van der Waals surface area contributed by atoms with Gasteiger partial charge in [-0.1, -0.05) is 46.8 Å². The first kappa shape index (κ1) is 28.6. The number of carbonyl (C=O) groups is 1. The molecular weight excluding hydrogens is 642 g/mol. The zero-order valence-corrected chi connectivity index (χ0v) is 25.2. The van der Waals surface area contributed by atoms with Crippen LogP contribution in [0.1, 0.15) is 63.3 Å². The number of nitrogens with zero attached hydrogens (tertiary/aromatic N) is 3. The number of fused-ring (bicyclic) bond motifs is 1. The molecule has 4 rings (SSSR count). The van der Waals surface area contributed by atoms with Gasteiger partial charge in [-0.3, -0.25) is 4.79 Å². The molecule has 0 aliphatic heterocycles. The Morgan fingerprint density at radius 2 is 2.00 bits per heavy atom. The Kier molecular flexibility index (Phi) is 9.49. The topological polar surface area (TPSA) is 92.0 Å². The van der Waals surface area contributed by atoms with Gasteiger partial charge in [0.15, 0.2) is 17.6 Å². The fourth-order valence-corrected chi connectivity index (χ4v) is 5.49. The van der Waals surface area contributed by atoms with Crippen LogP contribution in [0.5, 0.6) is 11.5 Å². The summed E-state index contributed by atoms with van der Waals surface area (Å²) >= 11 is 13.6. The zero-order chi connectivity index (χ0) is 27.4. The molecule has 2 aromatic carbocycles. The highest BCUT2D eigenvalue weighted by Crippen LogP contribution is 2.43. The average Bonchev–Trinajstić information content (AvgIpc) is 2.92. The highest BCUT2D eigenvalue weighted by molar-refractivity contribution is 9.10. The molecule has 0 saturated heterocycles. The van der Waals surface area contributed by atoms with Crippen molar-refractivity contribution in [2.24, 2.45) is 5.10 Å². The summed E-state index contributed by atoms with van der Waals surface area (Å²) in [6.07, 6.45) is 5.92. The highest BCUT2D eigenvalue weighted by Gasteiger charge is 2.25. The van der Waals surface area contributed by atoms with Gasteiger partial charge in [0.1, 0.15) is 10.8 Å². The van der Waals surface area contributed by atoms with E-state index in [1.807, 2.05) is 19.1 Å². The number of methoxy groups -OCH3 is 1. The Labute approximate surface area is 242 Å². The lowest BCUT2D eigenvalue weighted by Crippen LogP contribution is -2.25. The van der Waals surface area contributed by atoms with E-state index in [0.29, 0.717) is 39.1 Å². The van der Waals surface area contributed by atoms with Crippen molar-refractivity contribution in [2.45, 2.75) is 58.0 Å². The first-order valence-corrected chi connectivity index (χ1v) is 14.4. The molecule has 1 heterocycles. The van der Waals surface area contributed by atoms with Gasteiger partial charge in [0, 0.05) is 20.4 Å². The molecule has 0 radical (unpaired) electrons. The highest BCUT2D eigenvalue weighted by atomic mass is 79.9. The molecule has 1 fully saturated rings. The summed E-state index contributed by atoms with van der Waals surface area (Å²) in [6, 6.07) is 7.18. The van der Waals surface area contributed by atoms with Gasteiger partial charge in [0.05, 0.1) is 30.8 Å². The molecule has 11 heteroatoms. The number of benzene rings is 2. The fourth-order valence-electron chi connectivity index (χ4n) is 4.48. The number of aromatic nitrogens is 2. The fraction of sp³-hybridized carbons (Fsp3) is 0.407. The minimum Gasteiger partial charge on any atom is -0.490 e. The predicted octanol–water partition coefficient (Wildman–Crippen LogP) is 6.84. The van der Waals surface area contributed by atoms with E-state index in [1.54, 1.807) is 25.3 Å². The van der Waals surface area contributed by atoms with Crippen LogP contribution >= 0.6 is 43.5 Å². The molecule has 0 bridgehead atoms. The van der Waals surface area contributed by atoms with Crippen LogP contribution in [0.3, 0.4) is 0 Å². The molecule has 0 amide bonds. The second-order valence-electron chi connectivity index (χ2n) is 8.97. The lowest BCUT2D eigenvalue weighted by Gasteiger charge is -2.23. The monoisotopic (exact) mass is 667 g/mol. The molecule has 1 aliphatic rings. The molecule has 0 unspecified atom stereocenters. The summed E-state index contributed by atoms with van der Waals surface area (Å²) in [4.78, 5) is 30.4. The first-order chi connectivity index (χ1) is 18.2. The maximum Gasteiger partial charge on any atom is 0.346 e. The van der Waals surface area contributed by atoms with Crippen molar-refractivity contribution < 1.29 is 19.0 Å². The smallest absolute Gasteiger partial charge is 0.346 e. The second-order valence-corrected chi connectivity index (χ2v) is 11.1. The summed E-state index contributed by atoms with van der Waals surface area (Å²) < 4.78 is 19.0. The molecular formula is C27H28Br2ClN3O5. The Morgan fingerprint density at radius 1 is 1.26 bits per heavy atom. The van der Waals surface area contributed by atoms with Crippen molar-refractivity contribution in [2.75, 3.05) is 13.7 Å². The molecule has 1 saturated carbocycles. The Bertz CT molecular complexity index is 1440. The molecule has 38 heavy (non-hydrogen) atoms. The second kappa shape index (κ2) is 12.6. The van der Waals surface area contributed by atoms with Gasteiger partial charge in [-0.25, -0.2) is 9.78 Å². The van der Waals surface area contributed by atoms with Gasteiger partial charge in [-0.15, -0.1) is 0 Å². The molecule has 0 spiro atoms. The predicted molar refractivity (Wildman–Crippen MR) is 155 cm³/mol. The summed E-state index contributed by atoms with van der Waals surface area (Å²) in [5, 5.41) is 5.29. The van der Waals surface area contributed by atoms with E-state index in [9.17, 15) is 9.59 Å². The summed E-state index contributed by atoms with van der Waals surface area (Å²) in [5.41, 5.74) is 0.967. The number of carbonyl (C=O) groups excluding carboxylic acids is 1. The number of esters is 1. The van der Waals surface area contributed by atoms with E-state index in [2.05, 4.69) is 37.0 Å². The lowest BCUT2D eigenvalue weighted by atomic mass is 9.88. The minimum absolute atomic E-state index is 0.142. The average molecular weight is 670 g/mol. The summed E-state index contributed by atoms with van der Waals surface area (Å²) in [6.45, 7) is 3.73. The SMILES string of the molecule is CCOc1cc(C=Nn2c(C3CCCCC3)nc3ccc(Br)cc3c2=O)c(Br)c(Cl)c1O[C@@H](C)C(=O)OC. The van der Waals surface area contributed by atoms with Crippen LogP contribution in [0.2, 0.25) is 5.02 Å². The van der Waals surface area contributed by atoms with Crippen LogP contribution in [0.25, 0.3) is 10.9 Å². The van der Waals surface area contributed by atoms with Gasteiger partial charge in [0.25, 0.3) is 5.56 Å². The van der Waals surface area contributed by atoms with E-state index < -0.39 is 12.1 Å². The summed E-state index contributed by atoms with van der Waals surface area (Å²) in [7, 11) is 1.28. The van der Waals surface area contributed by atoms with Crippen LogP contribution in [-0.2, 0) is 9.53 Å². The van der Waals surface area contributed by atoms with Gasteiger partial charge in [-0.05, 0) is 66.9 Å². The molecule has 1 aliphatic carbocycles. The molecule has 0 N–H and O–H groups in total. The number of hydrogen-bond acceptors (Lipinski definition) is 7. The van der Waals surface area contributed by atoms with E-state index in [4.69, 9.17) is 30.8 Å². The van der Waals surface area contributed by atoms with Gasteiger partial charge in [-0.2, -0.15) is 9.78 Å². The first-order valence-electron chi connectivity index (χ1n) is 12.4. The van der Waals surface area contributed by atoms with Gasteiger partial charge >= 0.3 is 5.97 Å². The van der Waals surface area contributed by atoms with Crippen LogP contribution in [0.4, 0.5) is 0 Å². The van der Waals surface area contributed by atoms with Gasteiger partial charge in [0.2, 0.25) is 0 Å². The van der Waals surface area contributed by atoms with E-state index in [1.165, 1.54) is 18.2 Å². The zero-order valence-electron chi connectivity index (χ0n) is 21.3. The third kappa shape index (κ3) is 6.07. The Hall–Kier alpha value is -2.43. The normalized spacial score (nSPS) is 15.1. The van der Waals surface area contributed by atoms with Crippen molar-refractivity contribution in [3.05, 3.63) is 60.0 Å². The standard InChI is InChI=1S/C27H28Br2ClN3O5/c1-4-37-21-12-17(22(29)23(30)24(21)38-15(2)27(35)36-3)14-31-33-25(16-8-6-5-7-9-16)32-20-11-10-18(28)13-19(20)26(33)34/h10-16H,4-9H2,1-3H3/t15-/m0/s1. The minimum atomic E-state index is -0.900. The maximum absolute atomic E-state index is 13.6. The molecule has 202 valence electrons. The van der Waals surface area contributed by atoms with Crippen molar-refractivity contribution in [1.82, 2.24) is 9.66 Å². The quantitative estimate of drug-likeness (QED) is 0.193. The maximum atomic E-state index is 13.6. The Balaban J connectivity index is 1.82. The van der Waals surface area contributed by atoms with E-state index >= 15 is 0 Å². The summed E-state index contributed by atoms with van der Waals surface area (Å²) in [5.74, 6) is 0.782. The van der Waals surface area contributed by atoms with Crippen molar-refractivity contribution >= 4 is 66.5 Å². The largest absolute Gasteiger partial charge is 0.490 e. The molecule has 1 aromatic heterocycles. The molecule has 1 atom stereocenters.